The summed E-state index contributed by atoms with van der Waals surface area (Å²) in [5.74, 6) is 0.0973. The molecule has 0 bridgehead atoms. The normalized spacial score (nSPS) is 16.0. The number of piperazine rings is 1. The van der Waals surface area contributed by atoms with Gasteiger partial charge < -0.3 is 19.9 Å². The molecular weight excluding hydrogens is 348 g/mol. The highest BCUT2D eigenvalue weighted by Crippen LogP contribution is 2.29. The second-order valence-corrected chi connectivity index (χ2v) is 7.08. The lowest BCUT2D eigenvalue weighted by molar-refractivity contribution is 0.313. The van der Waals surface area contributed by atoms with E-state index >= 15 is 0 Å². The number of halogens is 1. The van der Waals surface area contributed by atoms with Crippen molar-refractivity contribution in [2.45, 2.75) is 0 Å². The summed E-state index contributed by atoms with van der Waals surface area (Å²) in [7, 11) is 2.16. The van der Waals surface area contributed by atoms with Crippen LogP contribution in [0.2, 0.25) is 5.02 Å². The van der Waals surface area contributed by atoms with Gasteiger partial charge in [-0.25, -0.2) is 0 Å². The zero-order chi connectivity index (χ0) is 18.1. The van der Waals surface area contributed by atoms with Gasteiger partial charge >= 0.3 is 0 Å². The van der Waals surface area contributed by atoms with E-state index in [9.17, 15) is 5.11 Å². The Balaban J connectivity index is 1.54. The molecule has 134 valence electrons. The predicted octanol–water partition coefficient (Wildman–Crippen LogP) is 4.03. The lowest BCUT2D eigenvalue weighted by Gasteiger charge is -2.34. The van der Waals surface area contributed by atoms with Gasteiger partial charge in [0, 0.05) is 54.0 Å². The third-order valence-corrected chi connectivity index (χ3v) is 5.08. The van der Waals surface area contributed by atoms with Crippen molar-refractivity contribution in [3.8, 4) is 5.88 Å². The number of aromatic hydroxyl groups is 1. The SMILES string of the molecule is CN1CCN(c2ccc(N=Cc3c(O)[nH]c4ccc(Cl)cc34)cc2)CC1. The van der Waals surface area contributed by atoms with Gasteiger partial charge in [0.25, 0.3) is 0 Å². The molecule has 5 nitrogen and oxygen atoms in total. The number of aromatic amines is 1. The quantitative estimate of drug-likeness (QED) is 0.686. The molecule has 0 amide bonds. The van der Waals surface area contributed by atoms with Gasteiger partial charge in [-0.3, -0.25) is 4.99 Å². The van der Waals surface area contributed by atoms with Gasteiger partial charge in [0.2, 0.25) is 0 Å². The summed E-state index contributed by atoms with van der Waals surface area (Å²) in [5.41, 5.74) is 3.54. The van der Waals surface area contributed by atoms with Crippen LogP contribution in [0.5, 0.6) is 5.88 Å². The van der Waals surface area contributed by atoms with Crippen molar-refractivity contribution in [3.05, 3.63) is 53.1 Å². The van der Waals surface area contributed by atoms with Crippen molar-refractivity contribution in [3.63, 3.8) is 0 Å². The number of fused-ring (bicyclic) bond motifs is 1. The van der Waals surface area contributed by atoms with Gasteiger partial charge in [0.1, 0.15) is 0 Å². The molecule has 3 aromatic rings. The van der Waals surface area contributed by atoms with Crippen LogP contribution in [0.25, 0.3) is 10.9 Å². The van der Waals surface area contributed by atoms with E-state index in [1.54, 1.807) is 12.3 Å². The fraction of sp³-hybridized carbons (Fsp3) is 0.250. The molecule has 0 aliphatic carbocycles. The largest absolute Gasteiger partial charge is 0.494 e. The first-order chi connectivity index (χ1) is 12.6. The number of rotatable bonds is 3. The summed E-state index contributed by atoms with van der Waals surface area (Å²) in [5, 5.41) is 11.6. The van der Waals surface area contributed by atoms with Gasteiger partial charge in [-0.2, -0.15) is 0 Å². The Morgan fingerprint density at radius 3 is 2.54 bits per heavy atom. The molecule has 0 saturated carbocycles. The number of aliphatic imine (C=N–C) groups is 1. The third kappa shape index (κ3) is 3.41. The summed E-state index contributed by atoms with van der Waals surface area (Å²) < 4.78 is 0. The minimum Gasteiger partial charge on any atom is -0.494 e. The number of hydrogen-bond donors (Lipinski definition) is 2. The predicted molar refractivity (Wildman–Crippen MR) is 108 cm³/mol. The van der Waals surface area contributed by atoms with Crippen molar-refractivity contribution in [2.24, 2.45) is 4.99 Å². The average Bonchev–Trinajstić information content (AvgIpc) is 2.96. The number of likely N-dealkylation sites (N-methyl/N-ethyl adjacent to an activating group) is 1. The summed E-state index contributed by atoms with van der Waals surface area (Å²) in [6.07, 6.45) is 1.68. The topological polar surface area (TPSA) is 54.9 Å². The van der Waals surface area contributed by atoms with Gasteiger partial charge in [-0.05, 0) is 49.5 Å². The second-order valence-electron chi connectivity index (χ2n) is 6.64. The first-order valence-electron chi connectivity index (χ1n) is 8.68. The van der Waals surface area contributed by atoms with Crippen LogP contribution in [0.4, 0.5) is 11.4 Å². The minimum atomic E-state index is 0.0973. The molecule has 0 atom stereocenters. The lowest BCUT2D eigenvalue weighted by atomic mass is 10.2. The maximum atomic E-state index is 10.1. The van der Waals surface area contributed by atoms with Crippen LogP contribution in [0.15, 0.2) is 47.5 Å². The molecule has 1 aliphatic heterocycles. The van der Waals surface area contributed by atoms with Gasteiger partial charge in [-0.1, -0.05) is 11.6 Å². The van der Waals surface area contributed by atoms with Crippen molar-refractivity contribution in [1.29, 1.82) is 0 Å². The highest BCUT2D eigenvalue weighted by Gasteiger charge is 2.14. The lowest BCUT2D eigenvalue weighted by Crippen LogP contribution is -2.44. The molecular formula is C20H21ClN4O. The molecule has 1 aromatic heterocycles. The first kappa shape index (κ1) is 16.9. The fourth-order valence-corrected chi connectivity index (χ4v) is 3.43. The third-order valence-electron chi connectivity index (χ3n) is 4.84. The number of benzene rings is 2. The van der Waals surface area contributed by atoms with Gasteiger partial charge in [0.15, 0.2) is 5.88 Å². The molecule has 0 radical (unpaired) electrons. The van der Waals surface area contributed by atoms with Crippen LogP contribution in [-0.2, 0) is 0 Å². The Bertz CT molecular complexity index is 940. The molecule has 6 heteroatoms. The average molecular weight is 369 g/mol. The van der Waals surface area contributed by atoms with Crippen molar-refractivity contribution >= 4 is 40.1 Å². The van der Waals surface area contributed by atoms with E-state index in [-0.39, 0.29) is 5.88 Å². The van der Waals surface area contributed by atoms with E-state index in [0.717, 1.165) is 42.8 Å². The molecule has 2 aromatic carbocycles. The van der Waals surface area contributed by atoms with Crippen molar-refractivity contribution in [1.82, 2.24) is 9.88 Å². The van der Waals surface area contributed by atoms with Crippen LogP contribution >= 0.6 is 11.6 Å². The maximum Gasteiger partial charge on any atom is 0.198 e. The molecule has 0 spiro atoms. The molecule has 0 unspecified atom stereocenters. The number of nitrogens with one attached hydrogen (secondary N) is 1. The summed E-state index contributed by atoms with van der Waals surface area (Å²) in [6.45, 7) is 4.26. The van der Waals surface area contributed by atoms with E-state index in [1.165, 1.54) is 5.69 Å². The van der Waals surface area contributed by atoms with Crippen LogP contribution < -0.4 is 4.90 Å². The van der Waals surface area contributed by atoms with Crippen LogP contribution in [0.3, 0.4) is 0 Å². The molecule has 1 aliphatic rings. The second kappa shape index (κ2) is 7.02. The number of anilines is 1. The van der Waals surface area contributed by atoms with E-state index in [1.807, 2.05) is 24.3 Å². The van der Waals surface area contributed by atoms with Crippen molar-refractivity contribution in [2.75, 3.05) is 38.1 Å². The van der Waals surface area contributed by atoms with Gasteiger partial charge in [0.05, 0.1) is 11.3 Å². The number of H-pyrrole nitrogens is 1. The monoisotopic (exact) mass is 368 g/mol. The summed E-state index contributed by atoms with van der Waals surface area (Å²) >= 11 is 6.07. The molecule has 4 rings (SSSR count). The molecule has 2 N–H and O–H groups in total. The molecule has 1 fully saturated rings. The standard InChI is InChI=1S/C20H21ClN4O/c1-24-8-10-25(11-9-24)16-5-3-15(4-6-16)22-13-18-17-12-14(21)2-7-19(17)23-20(18)26/h2-7,12-13,23,26H,8-11H2,1H3. The van der Waals surface area contributed by atoms with E-state index in [4.69, 9.17) is 11.6 Å². The van der Waals surface area contributed by atoms with E-state index < -0.39 is 0 Å². The first-order valence-corrected chi connectivity index (χ1v) is 9.06. The smallest absolute Gasteiger partial charge is 0.198 e. The highest BCUT2D eigenvalue weighted by atomic mass is 35.5. The van der Waals surface area contributed by atoms with Crippen LogP contribution in [-0.4, -0.2) is 54.4 Å². The Labute approximate surface area is 157 Å². The van der Waals surface area contributed by atoms with E-state index in [0.29, 0.717) is 10.6 Å². The number of aromatic nitrogens is 1. The molecule has 2 heterocycles. The Morgan fingerprint density at radius 1 is 1.08 bits per heavy atom. The van der Waals surface area contributed by atoms with Crippen LogP contribution in [0.1, 0.15) is 5.56 Å². The highest BCUT2D eigenvalue weighted by molar-refractivity contribution is 6.31. The Morgan fingerprint density at radius 2 is 1.81 bits per heavy atom. The Kier molecular flexibility index (Phi) is 4.57. The number of hydrogen-bond acceptors (Lipinski definition) is 4. The zero-order valence-electron chi connectivity index (χ0n) is 14.6. The number of nitrogens with zero attached hydrogens (tertiary/aromatic N) is 3. The minimum absolute atomic E-state index is 0.0973. The maximum absolute atomic E-state index is 10.1. The van der Waals surface area contributed by atoms with Gasteiger partial charge in [-0.15, -0.1) is 0 Å². The van der Waals surface area contributed by atoms with Crippen molar-refractivity contribution < 1.29 is 5.11 Å². The Hall–Kier alpha value is -2.50. The molecule has 1 saturated heterocycles. The fourth-order valence-electron chi connectivity index (χ4n) is 3.25. The summed E-state index contributed by atoms with van der Waals surface area (Å²) in [4.78, 5) is 12.2. The van der Waals surface area contributed by atoms with E-state index in [2.05, 4.69) is 39.0 Å². The van der Waals surface area contributed by atoms with Crippen LogP contribution in [0, 0.1) is 0 Å². The molecule has 26 heavy (non-hydrogen) atoms. The zero-order valence-corrected chi connectivity index (χ0v) is 15.4. The summed E-state index contributed by atoms with van der Waals surface area (Å²) in [6, 6.07) is 13.7.